The van der Waals surface area contributed by atoms with Gasteiger partial charge in [-0.1, -0.05) is 30.3 Å². The summed E-state index contributed by atoms with van der Waals surface area (Å²) in [7, 11) is 0. The minimum absolute atomic E-state index is 0.130. The molecule has 1 aliphatic rings. The summed E-state index contributed by atoms with van der Waals surface area (Å²) in [6.45, 7) is 2.55. The largest absolute Gasteiger partial charge is 0.457 e. The summed E-state index contributed by atoms with van der Waals surface area (Å²) in [4.78, 5) is 14.2. The predicted octanol–water partition coefficient (Wildman–Crippen LogP) is 4.69. The molecule has 7 heteroatoms. The number of rotatable bonds is 6. The number of nitrogens with zero attached hydrogens (tertiary/aromatic N) is 1. The van der Waals surface area contributed by atoms with Gasteiger partial charge in [0.05, 0.1) is 19.6 Å². The smallest absolute Gasteiger partial charge is 0.227 e. The highest BCUT2D eigenvalue weighted by atomic mass is 32.1. The number of carbonyl (C=O) groups is 1. The number of ether oxygens (including phenoxy) is 2. The maximum atomic E-state index is 12.4. The molecule has 1 heterocycles. The van der Waals surface area contributed by atoms with Crippen LogP contribution in [0.25, 0.3) is 0 Å². The number of hydrogen-bond acceptors (Lipinski definition) is 4. The quantitative estimate of drug-likeness (QED) is 0.535. The van der Waals surface area contributed by atoms with E-state index >= 15 is 0 Å². The summed E-state index contributed by atoms with van der Waals surface area (Å²) in [5.74, 6) is 1.68. The van der Waals surface area contributed by atoms with Crippen molar-refractivity contribution in [1.29, 1.82) is 0 Å². The van der Waals surface area contributed by atoms with Crippen LogP contribution < -0.4 is 15.4 Å². The van der Waals surface area contributed by atoms with E-state index in [2.05, 4.69) is 10.6 Å². The molecule has 0 bridgehead atoms. The molecule has 0 atom stereocenters. The monoisotopic (exact) mass is 447 g/mol. The van der Waals surface area contributed by atoms with E-state index in [0.29, 0.717) is 37.8 Å². The van der Waals surface area contributed by atoms with E-state index < -0.39 is 0 Å². The Morgan fingerprint density at radius 3 is 2.03 bits per heavy atom. The first-order valence-electron chi connectivity index (χ1n) is 10.5. The van der Waals surface area contributed by atoms with Crippen LogP contribution in [0.2, 0.25) is 0 Å². The van der Waals surface area contributed by atoms with Gasteiger partial charge in [0.25, 0.3) is 0 Å². The minimum Gasteiger partial charge on any atom is -0.457 e. The second kappa shape index (κ2) is 10.7. The number of thiocarbonyl (C=S) groups is 1. The molecule has 3 aromatic rings. The van der Waals surface area contributed by atoms with Gasteiger partial charge in [0.2, 0.25) is 5.91 Å². The van der Waals surface area contributed by atoms with Gasteiger partial charge in [0.1, 0.15) is 11.5 Å². The number of carbonyl (C=O) groups excluding carboxylic acids is 1. The lowest BCUT2D eigenvalue weighted by Crippen LogP contribution is -2.41. The molecule has 32 heavy (non-hydrogen) atoms. The molecule has 0 spiro atoms. The third-order valence-corrected chi connectivity index (χ3v) is 5.23. The molecule has 0 aliphatic carbocycles. The van der Waals surface area contributed by atoms with Gasteiger partial charge < -0.3 is 25.0 Å². The third kappa shape index (κ3) is 6.29. The number of anilines is 2. The van der Waals surface area contributed by atoms with Crippen molar-refractivity contribution in [3.8, 4) is 11.5 Å². The van der Waals surface area contributed by atoms with Crippen LogP contribution in [-0.2, 0) is 16.0 Å². The van der Waals surface area contributed by atoms with Crippen LogP contribution in [0.1, 0.15) is 5.56 Å². The number of para-hydroxylation sites is 1. The number of morpholine rings is 1. The molecule has 2 N–H and O–H groups in total. The summed E-state index contributed by atoms with van der Waals surface area (Å²) >= 11 is 5.42. The van der Waals surface area contributed by atoms with Crippen molar-refractivity contribution in [2.24, 2.45) is 0 Å². The highest BCUT2D eigenvalue weighted by molar-refractivity contribution is 7.80. The molecule has 1 fully saturated rings. The third-order valence-electron chi connectivity index (χ3n) is 5.02. The molecule has 4 rings (SSSR count). The van der Waals surface area contributed by atoms with E-state index in [4.69, 9.17) is 21.7 Å². The Labute approximate surface area is 193 Å². The zero-order chi connectivity index (χ0) is 22.2. The Bertz CT molecular complexity index is 1030. The number of nitrogens with one attached hydrogen (secondary N) is 2. The van der Waals surface area contributed by atoms with E-state index in [9.17, 15) is 4.79 Å². The maximum absolute atomic E-state index is 12.4. The SMILES string of the molecule is O=C(Cc1ccc(NC(=S)Nc2ccc(Oc3ccccc3)cc2)cc1)N1CCOCC1. The maximum Gasteiger partial charge on any atom is 0.227 e. The summed E-state index contributed by atoms with van der Waals surface area (Å²) < 4.78 is 11.1. The second-order valence-electron chi connectivity index (χ2n) is 7.39. The Morgan fingerprint density at radius 2 is 1.41 bits per heavy atom. The number of benzene rings is 3. The first kappa shape index (κ1) is 21.8. The molecule has 1 aliphatic heterocycles. The molecule has 1 amide bonds. The fourth-order valence-corrected chi connectivity index (χ4v) is 3.57. The molecule has 0 saturated carbocycles. The van der Waals surface area contributed by atoms with Crippen LogP contribution in [0.15, 0.2) is 78.9 Å². The Kier molecular flexibility index (Phi) is 7.32. The molecule has 0 unspecified atom stereocenters. The highest BCUT2D eigenvalue weighted by Crippen LogP contribution is 2.22. The topological polar surface area (TPSA) is 62.8 Å². The van der Waals surface area contributed by atoms with Crippen LogP contribution >= 0.6 is 12.2 Å². The van der Waals surface area contributed by atoms with Gasteiger partial charge in [-0.3, -0.25) is 4.79 Å². The van der Waals surface area contributed by atoms with Gasteiger partial charge in [0.15, 0.2) is 5.11 Å². The van der Waals surface area contributed by atoms with E-state index in [1.165, 1.54) is 0 Å². The number of amides is 1. The zero-order valence-corrected chi connectivity index (χ0v) is 18.4. The van der Waals surface area contributed by atoms with E-state index in [0.717, 1.165) is 28.4 Å². The molecular formula is C25H25N3O3S. The lowest BCUT2D eigenvalue weighted by atomic mass is 10.1. The van der Waals surface area contributed by atoms with Gasteiger partial charge in [-0.15, -0.1) is 0 Å². The Balaban J connectivity index is 1.26. The van der Waals surface area contributed by atoms with Crippen molar-refractivity contribution in [2.75, 3.05) is 36.9 Å². The van der Waals surface area contributed by atoms with E-state index in [1.807, 2.05) is 83.8 Å². The van der Waals surface area contributed by atoms with Crippen LogP contribution in [0.3, 0.4) is 0 Å². The molecule has 3 aromatic carbocycles. The van der Waals surface area contributed by atoms with Crippen LogP contribution in [0, 0.1) is 0 Å². The fourth-order valence-electron chi connectivity index (χ4n) is 3.33. The summed E-state index contributed by atoms with van der Waals surface area (Å²) in [5, 5.41) is 6.81. The second-order valence-corrected chi connectivity index (χ2v) is 7.79. The van der Waals surface area contributed by atoms with E-state index in [1.54, 1.807) is 0 Å². The van der Waals surface area contributed by atoms with Gasteiger partial charge in [-0.25, -0.2) is 0 Å². The molecule has 0 aromatic heterocycles. The molecule has 0 radical (unpaired) electrons. The minimum atomic E-state index is 0.130. The van der Waals surface area contributed by atoms with Crippen molar-refractivity contribution in [2.45, 2.75) is 6.42 Å². The molecule has 1 saturated heterocycles. The first-order valence-corrected chi connectivity index (χ1v) is 10.9. The molecule has 6 nitrogen and oxygen atoms in total. The average Bonchev–Trinajstić information content (AvgIpc) is 2.83. The van der Waals surface area contributed by atoms with Crippen LogP contribution in [0.4, 0.5) is 11.4 Å². The molecular weight excluding hydrogens is 422 g/mol. The van der Waals surface area contributed by atoms with Crippen molar-refractivity contribution in [3.05, 3.63) is 84.4 Å². The van der Waals surface area contributed by atoms with Crippen LogP contribution in [-0.4, -0.2) is 42.2 Å². The van der Waals surface area contributed by atoms with Crippen molar-refractivity contribution < 1.29 is 14.3 Å². The summed E-state index contributed by atoms with van der Waals surface area (Å²) in [6.07, 6.45) is 0.389. The Hall–Kier alpha value is -3.42. The Morgan fingerprint density at radius 1 is 0.844 bits per heavy atom. The van der Waals surface area contributed by atoms with Gasteiger partial charge in [0, 0.05) is 24.5 Å². The van der Waals surface area contributed by atoms with Gasteiger partial charge in [-0.2, -0.15) is 0 Å². The van der Waals surface area contributed by atoms with Crippen molar-refractivity contribution in [3.63, 3.8) is 0 Å². The zero-order valence-electron chi connectivity index (χ0n) is 17.6. The first-order chi connectivity index (χ1) is 15.7. The fraction of sp³-hybridized carbons (Fsp3) is 0.200. The lowest BCUT2D eigenvalue weighted by molar-refractivity contribution is -0.134. The predicted molar refractivity (Wildman–Crippen MR) is 130 cm³/mol. The summed E-state index contributed by atoms with van der Waals surface area (Å²) in [6, 6.07) is 25.0. The summed E-state index contributed by atoms with van der Waals surface area (Å²) in [5.41, 5.74) is 2.68. The van der Waals surface area contributed by atoms with Crippen LogP contribution in [0.5, 0.6) is 11.5 Å². The van der Waals surface area contributed by atoms with Crippen molar-refractivity contribution in [1.82, 2.24) is 4.90 Å². The van der Waals surface area contributed by atoms with Gasteiger partial charge >= 0.3 is 0 Å². The van der Waals surface area contributed by atoms with Gasteiger partial charge in [-0.05, 0) is 66.3 Å². The van der Waals surface area contributed by atoms with E-state index in [-0.39, 0.29) is 5.91 Å². The highest BCUT2D eigenvalue weighted by Gasteiger charge is 2.16. The molecule has 164 valence electrons. The normalized spacial score (nSPS) is 13.3. The lowest BCUT2D eigenvalue weighted by Gasteiger charge is -2.26. The average molecular weight is 448 g/mol. The number of hydrogen-bond donors (Lipinski definition) is 2. The van der Waals surface area contributed by atoms with Crippen molar-refractivity contribution >= 4 is 34.6 Å². The standard InChI is InChI=1S/C25H25N3O3S/c29-24(28-14-16-30-17-15-28)18-19-6-8-20(9-7-19)26-25(32)27-21-10-12-23(13-11-21)31-22-4-2-1-3-5-22/h1-13H,14-18H2,(H2,26,27,32).